The van der Waals surface area contributed by atoms with E-state index in [-0.39, 0.29) is 0 Å². The molecular formula is C27H49NO2SSn. The molecule has 0 saturated carbocycles. The van der Waals surface area contributed by atoms with Gasteiger partial charge in [-0.1, -0.05) is 0 Å². The predicted octanol–water partition coefficient (Wildman–Crippen LogP) is 7.74. The summed E-state index contributed by atoms with van der Waals surface area (Å²) >= 11 is -2.32. The fourth-order valence-electron chi connectivity index (χ4n) is 5.78. The van der Waals surface area contributed by atoms with Crippen LogP contribution in [0.1, 0.15) is 78.7 Å². The van der Waals surface area contributed by atoms with Crippen molar-refractivity contribution >= 4 is 28.4 Å². The summed E-state index contributed by atoms with van der Waals surface area (Å²) in [6.07, 6.45) is 8.03. The van der Waals surface area contributed by atoms with Crippen molar-refractivity contribution in [3.63, 3.8) is 0 Å². The van der Waals surface area contributed by atoms with Crippen molar-refractivity contribution in [1.29, 1.82) is 0 Å². The molecule has 1 aromatic carbocycles. The molecule has 0 unspecified atom stereocenters. The van der Waals surface area contributed by atoms with Crippen LogP contribution in [0, 0.1) is 24.7 Å². The molecule has 32 heavy (non-hydrogen) atoms. The third-order valence-electron chi connectivity index (χ3n) is 7.85. The zero-order valence-corrected chi connectivity index (χ0v) is 25.4. The standard InChI is InChI=1S/C15H22NO2S.3C4H9.Sn/c1-11(2)15-10-16(9-13(15)4)19(17,18)14-7-5-12(3)6-8-14;3*1-3-4-2;/h5-8,11,13,15H,4,9-10H2,1-3H3;3*1,3-4H2,2H3;/t13-,15+;;;;/m0..../s1. The van der Waals surface area contributed by atoms with Crippen LogP contribution >= 0.6 is 0 Å². The first-order valence-electron chi connectivity index (χ1n) is 13.3. The Hall–Kier alpha value is -0.0713. The molecule has 0 bridgehead atoms. The van der Waals surface area contributed by atoms with Crippen LogP contribution in [-0.2, 0) is 10.0 Å². The summed E-state index contributed by atoms with van der Waals surface area (Å²) in [6, 6.07) is 7.41. The fraction of sp³-hybridized carbons (Fsp3) is 0.778. The van der Waals surface area contributed by atoms with Gasteiger partial charge in [0.15, 0.2) is 0 Å². The van der Waals surface area contributed by atoms with Crippen LogP contribution in [-0.4, -0.2) is 44.2 Å². The third kappa shape index (κ3) is 7.46. The molecule has 0 amide bonds. The van der Waals surface area contributed by atoms with E-state index in [2.05, 4.69) is 34.6 Å². The molecule has 1 aliphatic heterocycles. The average Bonchev–Trinajstić information content (AvgIpc) is 3.19. The Morgan fingerprint density at radius 1 is 0.906 bits per heavy atom. The first-order valence-corrected chi connectivity index (χ1v) is 22.8. The number of rotatable bonds is 14. The van der Waals surface area contributed by atoms with Crippen molar-refractivity contribution < 1.29 is 8.42 Å². The summed E-state index contributed by atoms with van der Waals surface area (Å²) in [6.45, 7) is 15.1. The van der Waals surface area contributed by atoms with E-state index in [1.165, 1.54) is 56.3 Å². The van der Waals surface area contributed by atoms with Gasteiger partial charge in [-0.25, -0.2) is 0 Å². The van der Waals surface area contributed by atoms with E-state index in [9.17, 15) is 8.42 Å². The van der Waals surface area contributed by atoms with E-state index < -0.39 is 28.4 Å². The zero-order valence-electron chi connectivity index (χ0n) is 21.7. The van der Waals surface area contributed by atoms with Crippen LogP contribution in [0.5, 0.6) is 0 Å². The molecule has 1 saturated heterocycles. The van der Waals surface area contributed by atoms with E-state index in [4.69, 9.17) is 0 Å². The van der Waals surface area contributed by atoms with Crippen LogP contribution in [0.3, 0.4) is 0 Å². The normalized spacial score (nSPS) is 20.3. The van der Waals surface area contributed by atoms with Crippen molar-refractivity contribution in [3.8, 4) is 0 Å². The first kappa shape index (κ1) is 28.2. The third-order valence-corrected chi connectivity index (χ3v) is 25.8. The second-order valence-electron chi connectivity index (χ2n) is 10.8. The van der Waals surface area contributed by atoms with Gasteiger partial charge in [-0.15, -0.1) is 0 Å². The van der Waals surface area contributed by atoms with E-state index in [0.717, 1.165) is 12.1 Å². The molecule has 2 rings (SSSR count). The Bertz CT molecular complexity index is 754. The molecule has 184 valence electrons. The van der Waals surface area contributed by atoms with Gasteiger partial charge in [0.25, 0.3) is 0 Å². The van der Waals surface area contributed by atoms with Crippen molar-refractivity contribution in [2.45, 2.75) is 103 Å². The molecule has 0 aliphatic carbocycles. The van der Waals surface area contributed by atoms with Crippen LogP contribution in [0.2, 0.25) is 17.7 Å². The maximum absolute atomic E-state index is 13.5. The summed E-state index contributed by atoms with van der Waals surface area (Å²) in [4.78, 5) is 0.462. The summed E-state index contributed by atoms with van der Waals surface area (Å²) in [7, 11) is -3.40. The SMILES string of the molecule is CCC[CH2][Sn]([CH2]CCC)([CH2]CCC)[CH2][C@H]1CN(S(=O)(=O)c2ccc(C)cc2)C[C@@H]1C(C)C. The van der Waals surface area contributed by atoms with Crippen molar-refractivity contribution in [3.05, 3.63) is 29.8 Å². The van der Waals surface area contributed by atoms with Gasteiger partial charge in [-0.3, -0.25) is 0 Å². The number of hydrogen-bond donors (Lipinski definition) is 0. The minimum absolute atomic E-state index is 0.462. The van der Waals surface area contributed by atoms with Crippen LogP contribution in [0.15, 0.2) is 29.2 Å². The molecule has 1 aromatic rings. The van der Waals surface area contributed by atoms with E-state index in [1.54, 1.807) is 12.1 Å². The molecule has 0 N–H and O–H groups in total. The topological polar surface area (TPSA) is 37.4 Å². The van der Waals surface area contributed by atoms with E-state index >= 15 is 0 Å². The Kier molecular flexibility index (Phi) is 11.6. The van der Waals surface area contributed by atoms with E-state index in [0.29, 0.717) is 29.2 Å². The number of nitrogens with zero attached hydrogens (tertiary/aromatic N) is 1. The van der Waals surface area contributed by atoms with Crippen molar-refractivity contribution in [1.82, 2.24) is 4.31 Å². The van der Waals surface area contributed by atoms with Gasteiger partial charge in [0.2, 0.25) is 0 Å². The van der Waals surface area contributed by atoms with Gasteiger partial charge in [-0.05, 0) is 0 Å². The summed E-state index contributed by atoms with van der Waals surface area (Å²) in [5.41, 5.74) is 1.10. The molecule has 2 atom stereocenters. The molecule has 3 nitrogen and oxygen atoms in total. The fourth-order valence-corrected chi connectivity index (χ4v) is 25.1. The summed E-state index contributed by atoms with van der Waals surface area (Å²) in [5.74, 6) is 1.58. The van der Waals surface area contributed by atoms with Gasteiger partial charge in [-0.2, -0.15) is 0 Å². The molecule has 0 aromatic heterocycles. The minimum atomic E-state index is -3.40. The monoisotopic (exact) mass is 571 g/mol. The molecule has 1 fully saturated rings. The summed E-state index contributed by atoms with van der Waals surface area (Å²) < 4.78 is 34.7. The Morgan fingerprint density at radius 3 is 1.84 bits per heavy atom. The number of hydrogen-bond acceptors (Lipinski definition) is 2. The van der Waals surface area contributed by atoms with Gasteiger partial charge < -0.3 is 0 Å². The van der Waals surface area contributed by atoms with Gasteiger partial charge in [0, 0.05) is 0 Å². The molecule has 0 radical (unpaired) electrons. The zero-order chi connectivity index (χ0) is 23.8. The molecular weight excluding hydrogens is 521 g/mol. The number of sulfonamides is 1. The number of benzene rings is 1. The van der Waals surface area contributed by atoms with Crippen molar-refractivity contribution in [2.24, 2.45) is 17.8 Å². The number of unbranched alkanes of at least 4 members (excludes halogenated alkanes) is 3. The quantitative estimate of drug-likeness (QED) is 0.215. The molecule has 1 aliphatic rings. The van der Waals surface area contributed by atoms with Crippen LogP contribution in [0.25, 0.3) is 0 Å². The van der Waals surface area contributed by atoms with Gasteiger partial charge >= 0.3 is 205 Å². The van der Waals surface area contributed by atoms with Gasteiger partial charge in [0.1, 0.15) is 0 Å². The van der Waals surface area contributed by atoms with E-state index in [1.807, 2.05) is 23.4 Å². The predicted molar refractivity (Wildman–Crippen MR) is 141 cm³/mol. The number of aryl methyl sites for hydroxylation is 1. The van der Waals surface area contributed by atoms with Crippen molar-refractivity contribution in [2.75, 3.05) is 13.1 Å². The molecule has 5 heteroatoms. The van der Waals surface area contributed by atoms with Gasteiger partial charge in [0.05, 0.1) is 0 Å². The second kappa shape index (κ2) is 13.1. The average molecular weight is 570 g/mol. The summed E-state index contributed by atoms with van der Waals surface area (Å²) in [5, 5.41) is 0. The first-order chi connectivity index (χ1) is 15.2. The maximum atomic E-state index is 13.5. The Balaban J connectivity index is 2.29. The second-order valence-corrected chi connectivity index (χ2v) is 26.8. The van der Waals surface area contributed by atoms with Crippen LogP contribution < -0.4 is 0 Å². The molecule has 1 heterocycles. The molecule has 0 spiro atoms. The van der Waals surface area contributed by atoms with Crippen LogP contribution in [0.4, 0.5) is 0 Å². The Morgan fingerprint density at radius 2 is 1.41 bits per heavy atom. The Labute approximate surface area is 203 Å².